The second kappa shape index (κ2) is 6.43. The van der Waals surface area contributed by atoms with E-state index in [9.17, 15) is 4.79 Å². The first-order valence-electron chi connectivity index (χ1n) is 7.90. The van der Waals surface area contributed by atoms with Crippen LogP contribution in [0.25, 0.3) is 0 Å². The maximum absolute atomic E-state index is 12.6. The van der Waals surface area contributed by atoms with Crippen molar-refractivity contribution in [2.24, 2.45) is 5.92 Å². The number of nitrogens with one attached hydrogen (secondary N) is 1. The van der Waals surface area contributed by atoms with Gasteiger partial charge in [-0.1, -0.05) is 12.2 Å². The summed E-state index contributed by atoms with van der Waals surface area (Å²) in [6, 6.07) is 2.14. The first-order chi connectivity index (χ1) is 10.3. The summed E-state index contributed by atoms with van der Waals surface area (Å²) in [5.41, 5.74) is 1.01. The van der Waals surface area contributed by atoms with E-state index in [1.165, 1.54) is 0 Å². The van der Waals surface area contributed by atoms with Gasteiger partial charge in [-0.25, -0.2) is 0 Å². The van der Waals surface area contributed by atoms with Gasteiger partial charge in [-0.05, 0) is 38.7 Å². The van der Waals surface area contributed by atoms with Gasteiger partial charge in [-0.15, -0.1) is 0 Å². The lowest BCUT2D eigenvalue weighted by molar-refractivity contribution is -0.127. The molecule has 0 bridgehead atoms. The van der Waals surface area contributed by atoms with E-state index in [1.807, 2.05) is 17.7 Å². The lowest BCUT2D eigenvalue weighted by Crippen LogP contribution is -2.39. The zero-order chi connectivity index (χ0) is 14.7. The van der Waals surface area contributed by atoms with Crippen LogP contribution in [0, 0.1) is 5.92 Å². The van der Waals surface area contributed by atoms with Gasteiger partial charge in [0.15, 0.2) is 0 Å². The van der Waals surface area contributed by atoms with E-state index in [1.54, 1.807) is 6.20 Å². The summed E-state index contributed by atoms with van der Waals surface area (Å²) in [6.45, 7) is 3.48. The number of allylic oxidation sites excluding steroid dienone is 1. The summed E-state index contributed by atoms with van der Waals surface area (Å²) >= 11 is 0. The van der Waals surface area contributed by atoms with E-state index in [2.05, 4.69) is 22.6 Å². The Balaban J connectivity index is 1.70. The maximum atomic E-state index is 12.6. The Bertz CT molecular complexity index is 523. The highest BCUT2D eigenvalue weighted by atomic mass is 16.5. The van der Waals surface area contributed by atoms with Crippen LogP contribution in [0.2, 0.25) is 0 Å². The summed E-state index contributed by atoms with van der Waals surface area (Å²) in [4.78, 5) is 12.6. The summed E-state index contributed by atoms with van der Waals surface area (Å²) < 4.78 is 7.74. The van der Waals surface area contributed by atoms with Gasteiger partial charge in [0.1, 0.15) is 6.10 Å². The Morgan fingerprint density at radius 3 is 3.19 bits per heavy atom. The molecule has 1 aliphatic carbocycles. The topological polar surface area (TPSA) is 56.2 Å². The molecule has 5 nitrogen and oxygen atoms in total. The minimum absolute atomic E-state index is 0.109. The Labute approximate surface area is 125 Å². The van der Waals surface area contributed by atoms with Crippen LogP contribution in [0.1, 0.15) is 44.4 Å². The largest absolute Gasteiger partial charge is 0.371 e. The number of hydrogen-bond donors (Lipinski definition) is 1. The summed E-state index contributed by atoms with van der Waals surface area (Å²) in [5.74, 6) is 0.000213. The normalized spacial score (nSPS) is 28.7. The van der Waals surface area contributed by atoms with Gasteiger partial charge < -0.3 is 10.1 Å². The van der Waals surface area contributed by atoms with Gasteiger partial charge in [0, 0.05) is 25.4 Å². The number of aryl methyl sites for hydroxylation is 1. The van der Waals surface area contributed by atoms with Gasteiger partial charge in [-0.2, -0.15) is 5.10 Å². The van der Waals surface area contributed by atoms with Gasteiger partial charge in [0.05, 0.1) is 11.6 Å². The van der Waals surface area contributed by atoms with E-state index in [0.717, 1.165) is 37.9 Å². The third-order valence-corrected chi connectivity index (χ3v) is 4.35. The van der Waals surface area contributed by atoms with Crippen LogP contribution >= 0.6 is 0 Å². The second-order valence-electron chi connectivity index (χ2n) is 5.73. The van der Waals surface area contributed by atoms with E-state index in [-0.39, 0.29) is 24.0 Å². The van der Waals surface area contributed by atoms with Crippen LogP contribution in [0.3, 0.4) is 0 Å². The van der Waals surface area contributed by atoms with Crippen molar-refractivity contribution in [1.29, 1.82) is 0 Å². The molecule has 21 heavy (non-hydrogen) atoms. The molecule has 1 saturated heterocycles. The maximum Gasteiger partial charge on any atom is 0.226 e. The lowest BCUT2D eigenvalue weighted by atomic mass is 9.96. The molecule has 0 radical (unpaired) electrons. The third-order valence-electron chi connectivity index (χ3n) is 4.35. The number of hydrogen-bond acceptors (Lipinski definition) is 3. The first kappa shape index (κ1) is 14.3. The molecule has 0 unspecified atom stereocenters. The van der Waals surface area contributed by atoms with Crippen LogP contribution in [-0.4, -0.2) is 28.3 Å². The molecule has 3 atom stereocenters. The fourth-order valence-electron chi connectivity index (χ4n) is 3.22. The van der Waals surface area contributed by atoms with E-state index < -0.39 is 0 Å². The number of carbonyl (C=O) groups is 1. The highest BCUT2D eigenvalue weighted by molar-refractivity contribution is 5.80. The molecular formula is C16H23N3O2. The zero-order valence-electron chi connectivity index (χ0n) is 12.5. The predicted molar refractivity (Wildman–Crippen MR) is 79.6 cm³/mol. The summed E-state index contributed by atoms with van der Waals surface area (Å²) in [6.07, 6.45) is 9.96. The van der Waals surface area contributed by atoms with Crippen LogP contribution in [0.5, 0.6) is 0 Å². The molecule has 0 saturated carbocycles. The molecule has 114 valence electrons. The van der Waals surface area contributed by atoms with Crippen LogP contribution in [0.4, 0.5) is 0 Å². The monoisotopic (exact) mass is 289 g/mol. The van der Waals surface area contributed by atoms with Gasteiger partial charge in [0.2, 0.25) is 5.91 Å². The standard InChI is InChI=1S/C16H23N3O2/c1-2-19-14(8-10-17-19)15-13(9-11-21-15)16(20)18-12-6-4-3-5-7-12/h4,6,8,10,12-13,15H,2-3,5,7,9,11H2,1H3,(H,18,20)/t12-,13+,15+/m0/s1. The van der Waals surface area contributed by atoms with E-state index >= 15 is 0 Å². The van der Waals surface area contributed by atoms with Crippen LogP contribution in [0.15, 0.2) is 24.4 Å². The predicted octanol–water partition coefficient (Wildman–Crippen LogP) is 2.21. The van der Waals surface area contributed by atoms with Crippen molar-refractivity contribution in [1.82, 2.24) is 15.1 Å². The Kier molecular flexibility index (Phi) is 4.39. The van der Waals surface area contributed by atoms with Crippen molar-refractivity contribution >= 4 is 5.91 Å². The molecule has 2 aliphatic rings. The van der Waals surface area contributed by atoms with E-state index in [4.69, 9.17) is 4.74 Å². The summed E-state index contributed by atoms with van der Waals surface area (Å²) in [5, 5.41) is 7.44. The zero-order valence-corrected chi connectivity index (χ0v) is 12.5. The smallest absolute Gasteiger partial charge is 0.226 e. The molecule has 1 N–H and O–H groups in total. The van der Waals surface area contributed by atoms with Crippen molar-refractivity contribution in [2.45, 2.75) is 51.3 Å². The average molecular weight is 289 g/mol. The molecule has 0 aromatic carbocycles. The number of rotatable bonds is 4. The average Bonchev–Trinajstić information content (AvgIpc) is 3.16. The Hall–Kier alpha value is -1.62. The van der Waals surface area contributed by atoms with Gasteiger partial charge >= 0.3 is 0 Å². The van der Waals surface area contributed by atoms with Crippen molar-refractivity contribution in [3.8, 4) is 0 Å². The van der Waals surface area contributed by atoms with Gasteiger partial charge in [-0.3, -0.25) is 9.48 Å². The van der Waals surface area contributed by atoms with Crippen molar-refractivity contribution in [3.05, 3.63) is 30.1 Å². The third kappa shape index (κ3) is 3.02. The molecule has 2 heterocycles. The molecular weight excluding hydrogens is 266 g/mol. The Morgan fingerprint density at radius 1 is 1.52 bits per heavy atom. The minimum Gasteiger partial charge on any atom is -0.371 e. The second-order valence-corrected chi connectivity index (χ2v) is 5.73. The highest BCUT2D eigenvalue weighted by Gasteiger charge is 2.37. The number of carbonyl (C=O) groups excluding carboxylic acids is 1. The SMILES string of the molecule is CCn1nccc1[C@@H]1OCC[C@H]1C(=O)N[C@H]1C=CCCC1. The molecule has 1 aliphatic heterocycles. The quantitative estimate of drug-likeness (QED) is 0.865. The highest BCUT2D eigenvalue weighted by Crippen LogP contribution is 2.34. The Morgan fingerprint density at radius 2 is 2.43 bits per heavy atom. The molecule has 1 aromatic heterocycles. The number of amides is 1. The number of ether oxygens (including phenoxy) is 1. The van der Waals surface area contributed by atoms with Gasteiger partial charge in [0.25, 0.3) is 0 Å². The molecule has 1 fully saturated rings. The molecule has 1 aromatic rings. The van der Waals surface area contributed by atoms with Crippen molar-refractivity contribution in [2.75, 3.05) is 6.61 Å². The lowest BCUT2D eigenvalue weighted by Gasteiger charge is -2.23. The molecule has 5 heteroatoms. The first-order valence-corrected chi connectivity index (χ1v) is 7.90. The van der Waals surface area contributed by atoms with Crippen molar-refractivity contribution in [3.63, 3.8) is 0 Å². The fourth-order valence-corrected chi connectivity index (χ4v) is 3.22. The van der Waals surface area contributed by atoms with Crippen LogP contribution in [-0.2, 0) is 16.1 Å². The number of nitrogens with zero attached hydrogens (tertiary/aromatic N) is 2. The molecule has 1 amide bonds. The van der Waals surface area contributed by atoms with E-state index in [0.29, 0.717) is 6.61 Å². The summed E-state index contributed by atoms with van der Waals surface area (Å²) in [7, 11) is 0. The van der Waals surface area contributed by atoms with Crippen molar-refractivity contribution < 1.29 is 9.53 Å². The molecule has 3 rings (SSSR count). The van der Waals surface area contributed by atoms with Crippen LogP contribution < -0.4 is 5.32 Å². The molecule has 0 spiro atoms. The number of aromatic nitrogens is 2. The minimum atomic E-state index is -0.167. The fraction of sp³-hybridized carbons (Fsp3) is 0.625.